The summed E-state index contributed by atoms with van der Waals surface area (Å²) in [4.78, 5) is 16.2. The van der Waals surface area contributed by atoms with Gasteiger partial charge in [0, 0.05) is 5.31 Å². The van der Waals surface area contributed by atoms with Crippen LogP contribution in [-0.2, 0) is 4.57 Å². The molecule has 0 radical (unpaired) electrons. The highest BCUT2D eigenvalue weighted by atomic mass is 35.5. The van der Waals surface area contributed by atoms with Crippen LogP contribution in [0.3, 0.4) is 0 Å². The van der Waals surface area contributed by atoms with Crippen LogP contribution >= 0.6 is 32.4 Å². The van der Waals surface area contributed by atoms with Gasteiger partial charge in [0.05, 0.1) is 0 Å². The van der Waals surface area contributed by atoms with Gasteiger partial charge in [-0.3, -0.25) is 4.57 Å². The van der Waals surface area contributed by atoms with E-state index in [1.807, 2.05) is 0 Å². The maximum atomic E-state index is 9.93. The summed E-state index contributed by atoms with van der Waals surface area (Å²) in [5.41, 5.74) is 0. The van der Waals surface area contributed by atoms with Crippen molar-refractivity contribution in [1.82, 2.24) is 0 Å². The summed E-state index contributed by atoms with van der Waals surface area (Å²) in [5, 5.41) is -0.0903. The highest BCUT2D eigenvalue weighted by Crippen LogP contribution is 2.42. The summed E-state index contributed by atoms with van der Waals surface area (Å²) >= 11 is 0. The zero-order valence-electron chi connectivity index (χ0n) is 4.77. The third-order valence-corrected chi connectivity index (χ3v) is 1.49. The van der Waals surface area contributed by atoms with Crippen molar-refractivity contribution in [2.24, 2.45) is 0 Å². The Morgan fingerprint density at radius 3 is 1.56 bits per heavy atom. The highest BCUT2D eigenvalue weighted by Gasteiger charge is 2.11. The van der Waals surface area contributed by atoms with Gasteiger partial charge < -0.3 is 9.79 Å². The Labute approximate surface area is 66.1 Å². The molecule has 0 aromatic carbocycles. The minimum Gasteiger partial charge on any atom is -0.321 e. The average Bonchev–Trinajstić information content (AvgIpc) is 1.31. The van der Waals surface area contributed by atoms with Crippen molar-refractivity contribution in [3.05, 3.63) is 11.9 Å². The van der Waals surface area contributed by atoms with Crippen LogP contribution in [0.4, 0.5) is 0 Å². The zero-order valence-corrected chi connectivity index (χ0v) is 7.30. The van der Waals surface area contributed by atoms with Crippen molar-refractivity contribution in [2.75, 3.05) is 0 Å². The molecule has 9 heavy (non-hydrogen) atoms. The Bertz CT molecular complexity index is 129. The van der Waals surface area contributed by atoms with Crippen molar-refractivity contribution in [1.29, 1.82) is 0 Å². The van der Waals surface area contributed by atoms with E-state index in [0.717, 1.165) is 0 Å². The molecule has 0 amide bonds. The van der Waals surface area contributed by atoms with Crippen molar-refractivity contribution < 1.29 is 14.4 Å². The fraction of sp³-hybridized carbons (Fsp3) is 0.333. The molecule has 0 aliphatic rings. The summed E-state index contributed by atoms with van der Waals surface area (Å²) in [6.07, 6.45) is 0. The first kappa shape index (κ1) is 16.2. The Hall–Kier alpha value is 0.470. The molecule has 0 aliphatic carbocycles. The van der Waals surface area contributed by atoms with Crippen LogP contribution in [0.2, 0.25) is 0 Å². The smallest absolute Gasteiger partial charge is 0.321 e. The van der Waals surface area contributed by atoms with E-state index in [2.05, 4.69) is 6.58 Å². The van der Waals surface area contributed by atoms with E-state index in [1.165, 1.54) is 6.92 Å². The lowest BCUT2D eigenvalue weighted by Crippen LogP contribution is -1.74. The SMILES string of the molecule is C=C(C)P(=O)(O)O.Cl.Cl. The van der Waals surface area contributed by atoms with Gasteiger partial charge in [-0.2, -0.15) is 0 Å². The summed E-state index contributed by atoms with van der Waals surface area (Å²) in [6, 6.07) is 0. The van der Waals surface area contributed by atoms with Gasteiger partial charge in [-0.15, -0.1) is 24.8 Å². The van der Waals surface area contributed by atoms with E-state index in [4.69, 9.17) is 9.79 Å². The molecule has 0 rings (SSSR count). The molecule has 0 spiro atoms. The first-order chi connectivity index (χ1) is 2.94. The molecule has 6 heteroatoms. The Morgan fingerprint density at radius 1 is 1.44 bits per heavy atom. The number of rotatable bonds is 1. The summed E-state index contributed by atoms with van der Waals surface area (Å²) < 4.78 is 9.93. The molecule has 0 aromatic rings. The normalized spacial score (nSPS) is 8.78. The van der Waals surface area contributed by atoms with E-state index < -0.39 is 7.60 Å². The fourth-order valence-electron chi connectivity index (χ4n) is 0. The Kier molecular flexibility index (Phi) is 9.50. The molecule has 0 heterocycles. The molecule has 2 N–H and O–H groups in total. The molecule has 0 saturated heterocycles. The van der Waals surface area contributed by atoms with Crippen molar-refractivity contribution in [3.63, 3.8) is 0 Å². The second kappa shape index (κ2) is 5.27. The van der Waals surface area contributed by atoms with E-state index in [0.29, 0.717) is 0 Å². The number of halogens is 2. The minimum atomic E-state index is -3.93. The monoisotopic (exact) mass is 194 g/mol. The van der Waals surface area contributed by atoms with Crippen LogP contribution in [0.25, 0.3) is 0 Å². The van der Waals surface area contributed by atoms with Gasteiger partial charge in [0.15, 0.2) is 0 Å². The van der Waals surface area contributed by atoms with Crippen LogP contribution < -0.4 is 0 Å². The third kappa shape index (κ3) is 8.47. The maximum Gasteiger partial charge on any atom is 0.351 e. The van der Waals surface area contributed by atoms with Crippen LogP contribution in [0.1, 0.15) is 6.92 Å². The summed E-state index contributed by atoms with van der Waals surface area (Å²) in [6.45, 7) is 4.36. The van der Waals surface area contributed by atoms with Gasteiger partial charge in [-0.1, -0.05) is 6.58 Å². The molecule has 0 saturated carbocycles. The molecule has 3 nitrogen and oxygen atoms in total. The van der Waals surface area contributed by atoms with Crippen LogP contribution in [0.5, 0.6) is 0 Å². The van der Waals surface area contributed by atoms with Gasteiger partial charge in [-0.25, -0.2) is 0 Å². The lowest BCUT2D eigenvalue weighted by molar-refractivity contribution is 0.382. The summed E-state index contributed by atoms with van der Waals surface area (Å²) in [5.74, 6) is 0. The maximum absolute atomic E-state index is 9.93. The fourth-order valence-corrected chi connectivity index (χ4v) is 0. The average molecular weight is 195 g/mol. The topological polar surface area (TPSA) is 57.5 Å². The quantitative estimate of drug-likeness (QED) is 0.623. The molecular weight excluding hydrogens is 186 g/mol. The van der Waals surface area contributed by atoms with Gasteiger partial charge in [0.2, 0.25) is 0 Å². The van der Waals surface area contributed by atoms with Crippen LogP contribution in [-0.4, -0.2) is 9.79 Å². The van der Waals surface area contributed by atoms with Crippen molar-refractivity contribution in [2.45, 2.75) is 6.92 Å². The molecule has 0 atom stereocenters. The van der Waals surface area contributed by atoms with E-state index in [-0.39, 0.29) is 30.1 Å². The van der Waals surface area contributed by atoms with E-state index in [1.54, 1.807) is 0 Å². The predicted octanol–water partition coefficient (Wildman–Crippen LogP) is 1.54. The second-order valence-electron chi connectivity index (χ2n) is 1.28. The molecule has 0 fully saturated rings. The van der Waals surface area contributed by atoms with Gasteiger partial charge in [0.25, 0.3) is 0 Å². The van der Waals surface area contributed by atoms with Crippen molar-refractivity contribution in [3.8, 4) is 0 Å². The van der Waals surface area contributed by atoms with E-state index in [9.17, 15) is 4.57 Å². The molecule has 0 aromatic heterocycles. The molecule has 58 valence electrons. The Morgan fingerprint density at radius 2 is 1.56 bits per heavy atom. The lowest BCUT2D eigenvalue weighted by atomic mass is 10.8. The lowest BCUT2D eigenvalue weighted by Gasteiger charge is -1.97. The molecular formula is C3H9Cl2O3P. The zero-order chi connectivity index (χ0) is 6.08. The van der Waals surface area contributed by atoms with Crippen LogP contribution in [0.15, 0.2) is 11.9 Å². The van der Waals surface area contributed by atoms with Crippen LogP contribution in [0, 0.1) is 0 Å². The molecule has 0 unspecified atom stereocenters. The van der Waals surface area contributed by atoms with Gasteiger partial charge in [0.1, 0.15) is 0 Å². The number of allylic oxidation sites excluding steroid dienone is 1. The number of hydrogen-bond donors (Lipinski definition) is 2. The standard InChI is InChI=1S/C3H7O3P.2ClH/c1-3(2)7(4,5)6;;/h1H2,2H3,(H2,4,5,6);2*1H. The number of hydrogen-bond acceptors (Lipinski definition) is 1. The minimum absolute atomic E-state index is 0. The first-order valence-electron chi connectivity index (χ1n) is 1.66. The van der Waals surface area contributed by atoms with Gasteiger partial charge >= 0.3 is 7.60 Å². The molecule has 0 aliphatic heterocycles. The Balaban J connectivity index is -0.000000180. The largest absolute Gasteiger partial charge is 0.351 e. The first-order valence-corrected chi connectivity index (χ1v) is 3.27. The summed E-state index contributed by atoms with van der Waals surface area (Å²) in [7, 11) is -3.93. The predicted molar refractivity (Wildman–Crippen MR) is 41.4 cm³/mol. The van der Waals surface area contributed by atoms with Crippen molar-refractivity contribution >= 4 is 32.4 Å². The highest BCUT2D eigenvalue weighted by molar-refractivity contribution is 7.56. The molecule has 0 bridgehead atoms. The van der Waals surface area contributed by atoms with E-state index >= 15 is 0 Å². The third-order valence-electron chi connectivity index (χ3n) is 0.497. The van der Waals surface area contributed by atoms with Gasteiger partial charge in [-0.05, 0) is 6.92 Å². The second-order valence-corrected chi connectivity index (χ2v) is 3.13.